The Balaban J connectivity index is 5.89. The number of rotatable bonds is 7. The minimum Gasteiger partial charge on any atom is -0.296 e. The van der Waals surface area contributed by atoms with E-state index in [0.717, 1.165) is 0 Å². The van der Waals surface area contributed by atoms with Crippen LogP contribution in [0.2, 0.25) is 0 Å². The molecule has 134 valence electrons. The summed E-state index contributed by atoms with van der Waals surface area (Å²) in [6.07, 6.45) is -19.2. The molecule has 3 atom stereocenters. The average molecular weight is 363 g/mol. The summed E-state index contributed by atoms with van der Waals surface area (Å²) < 4.78 is 162. The van der Waals surface area contributed by atoms with Gasteiger partial charge in [0.05, 0.1) is 0 Å². The highest BCUT2D eigenvalue weighted by molar-refractivity contribution is 5.08. The fourth-order valence-electron chi connectivity index (χ4n) is 1.09. The van der Waals surface area contributed by atoms with Crippen LogP contribution in [0.25, 0.3) is 0 Å². The van der Waals surface area contributed by atoms with E-state index in [1.165, 1.54) is 0 Å². The maximum Gasteiger partial charge on any atom is 0.382 e. The second-order valence-corrected chi connectivity index (χ2v) is 3.98. The molecule has 0 aromatic rings. The summed E-state index contributed by atoms with van der Waals surface area (Å²) in [6.45, 7) is 0. The molecule has 0 aromatic carbocycles. The van der Waals surface area contributed by atoms with Gasteiger partial charge in [-0.15, -0.1) is 0 Å². The van der Waals surface area contributed by atoms with Crippen molar-refractivity contribution in [1.82, 2.24) is 0 Å². The van der Waals surface area contributed by atoms with Gasteiger partial charge in [0.1, 0.15) is 0 Å². The maximum absolute atomic E-state index is 12.9. The van der Waals surface area contributed by atoms with Gasteiger partial charge in [0.15, 0.2) is 6.17 Å². The summed E-state index contributed by atoms with van der Waals surface area (Å²) in [5, 5.41) is 0. The van der Waals surface area contributed by atoms with Crippen LogP contribution in [-0.2, 0) is 0 Å². The summed E-state index contributed by atoms with van der Waals surface area (Å²) in [6, 6.07) is 0. The summed E-state index contributed by atoms with van der Waals surface area (Å²) in [7, 11) is 0. The van der Waals surface area contributed by atoms with Crippen molar-refractivity contribution < 1.29 is 57.1 Å². The zero-order valence-corrected chi connectivity index (χ0v) is 9.80. The molecule has 0 aromatic heterocycles. The van der Waals surface area contributed by atoms with Crippen molar-refractivity contribution in [3.8, 4) is 0 Å². The largest absolute Gasteiger partial charge is 0.382 e. The molecule has 0 amide bonds. The number of nitrogens with two attached hydrogens (primary N) is 1. The fraction of sp³-hybridized carbons (Fsp3) is 1.00. The molecule has 0 saturated heterocycles. The molecule has 14 heteroatoms. The quantitative estimate of drug-likeness (QED) is 0.542. The first kappa shape index (κ1) is 21.0. The van der Waals surface area contributed by atoms with Crippen molar-refractivity contribution in [2.75, 3.05) is 0 Å². The first-order valence-electron chi connectivity index (χ1n) is 4.93. The normalized spacial score (nSPS) is 19.2. The lowest BCUT2D eigenvalue weighted by atomic mass is 9.93. The van der Waals surface area contributed by atoms with Gasteiger partial charge in [-0.1, -0.05) is 0 Å². The van der Waals surface area contributed by atoms with Crippen LogP contribution in [0.4, 0.5) is 57.1 Å². The van der Waals surface area contributed by atoms with Gasteiger partial charge in [-0.2, -0.15) is 35.1 Å². The predicted octanol–water partition coefficient (Wildman–Crippen LogP) is 3.72. The second kappa shape index (κ2) is 5.92. The molecule has 0 aliphatic rings. The minimum absolute atomic E-state index is 3.62. The zero-order chi connectivity index (χ0) is 18.3. The van der Waals surface area contributed by atoms with E-state index in [2.05, 4.69) is 5.73 Å². The van der Waals surface area contributed by atoms with E-state index in [1.54, 1.807) is 0 Å². The second-order valence-electron chi connectivity index (χ2n) is 3.98. The highest BCUT2D eigenvalue weighted by Crippen LogP contribution is 2.55. The van der Waals surface area contributed by atoms with Crippen molar-refractivity contribution in [3.05, 3.63) is 0 Å². The zero-order valence-electron chi connectivity index (χ0n) is 9.80. The molecule has 0 aliphatic heterocycles. The Morgan fingerprint density at radius 1 is 0.591 bits per heavy atom. The van der Waals surface area contributed by atoms with Gasteiger partial charge in [0.25, 0.3) is 6.43 Å². The van der Waals surface area contributed by atoms with Crippen LogP contribution in [0.3, 0.4) is 0 Å². The van der Waals surface area contributed by atoms with E-state index in [4.69, 9.17) is 0 Å². The van der Waals surface area contributed by atoms with E-state index in [-0.39, 0.29) is 0 Å². The van der Waals surface area contributed by atoms with E-state index in [0.29, 0.717) is 0 Å². The predicted molar refractivity (Wildman–Crippen MR) is 44.7 cm³/mol. The number of halogens is 13. The van der Waals surface area contributed by atoms with Crippen LogP contribution in [0.5, 0.6) is 0 Å². The summed E-state index contributed by atoms with van der Waals surface area (Å²) in [5.41, 5.74) is 3.62. The fourth-order valence-corrected chi connectivity index (χ4v) is 1.09. The molecule has 1 nitrogen and oxygen atoms in total. The molecule has 0 heterocycles. The summed E-state index contributed by atoms with van der Waals surface area (Å²) in [4.78, 5) is 0. The SMILES string of the molecule is NC(F)C(F)(F)C(F)(F)C(F)(F)C(F)(F)C(F)C(F)C(F)F. The van der Waals surface area contributed by atoms with E-state index in [1.807, 2.05) is 0 Å². The first-order chi connectivity index (χ1) is 9.46. The minimum atomic E-state index is -7.44. The molecule has 2 N–H and O–H groups in total. The highest BCUT2D eigenvalue weighted by Gasteiger charge is 2.84. The van der Waals surface area contributed by atoms with Crippen LogP contribution in [0, 0.1) is 0 Å². The van der Waals surface area contributed by atoms with Crippen molar-refractivity contribution in [3.63, 3.8) is 0 Å². The van der Waals surface area contributed by atoms with Gasteiger partial charge in [-0.3, -0.25) is 5.73 Å². The van der Waals surface area contributed by atoms with Crippen molar-refractivity contribution in [1.29, 1.82) is 0 Å². The Bertz CT molecular complexity index is 378. The van der Waals surface area contributed by atoms with Crippen molar-refractivity contribution in [2.45, 2.75) is 48.8 Å². The third-order valence-electron chi connectivity index (χ3n) is 2.44. The number of hydrogen-bond donors (Lipinski definition) is 1. The van der Waals surface area contributed by atoms with Crippen molar-refractivity contribution >= 4 is 0 Å². The lowest BCUT2D eigenvalue weighted by molar-refractivity contribution is -0.386. The van der Waals surface area contributed by atoms with Crippen LogP contribution < -0.4 is 5.73 Å². The van der Waals surface area contributed by atoms with E-state index < -0.39 is 48.8 Å². The Hall–Kier alpha value is -0.950. The molecule has 0 spiro atoms. The molecule has 0 radical (unpaired) electrons. The van der Waals surface area contributed by atoms with Crippen molar-refractivity contribution in [2.24, 2.45) is 5.73 Å². The third kappa shape index (κ3) is 2.93. The Morgan fingerprint density at radius 2 is 0.909 bits per heavy atom. The molecule has 3 unspecified atom stereocenters. The molecule has 0 rings (SSSR count). The molecular weight excluding hydrogens is 357 g/mol. The summed E-state index contributed by atoms with van der Waals surface area (Å²) >= 11 is 0. The highest BCUT2D eigenvalue weighted by atomic mass is 19.4. The maximum atomic E-state index is 12.9. The lowest BCUT2D eigenvalue weighted by Gasteiger charge is -2.38. The molecular formula is C8H6F13N. The topological polar surface area (TPSA) is 26.0 Å². The monoisotopic (exact) mass is 363 g/mol. The standard InChI is InChI=1S/C8H6F13N/c9-1(3(11)12)2(10)5(14,15)7(18,19)8(20,21)6(16,17)4(13)22/h1-4H,22H2. The first-order valence-corrected chi connectivity index (χ1v) is 4.93. The van der Waals surface area contributed by atoms with Crippen LogP contribution in [0.1, 0.15) is 0 Å². The smallest absolute Gasteiger partial charge is 0.296 e. The van der Waals surface area contributed by atoms with Gasteiger partial charge < -0.3 is 0 Å². The van der Waals surface area contributed by atoms with E-state index in [9.17, 15) is 57.1 Å². The van der Waals surface area contributed by atoms with Gasteiger partial charge in [0.2, 0.25) is 12.5 Å². The molecule has 0 bridgehead atoms. The average Bonchev–Trinajstić information content (AvgIpc) is 2.35. The lowest BCUT2D eigenvalue weighted by Crippen LogP contribution is -2.69. The molecule has 0 saturated carbocycles. The van der Waals surface area contributed by atoms with Crippen LogP contribution >= 0.6 is 0 Å². The number of alkyl halides is 13. The Kier molecular flexibility index (Phi) is 5.67. The Morgan fingerprint density at radius 3 is 1.18 bits per heavy atom. The summed E-state index contributed by atoms with van der Waals surface area (Å²) in [5.74, 6) is -28.4. The van der Waals surface area contributed by atoms with Gasteiger partial charge in [-0.05, 0) is 0 Å². The third-order valence-corrected chi connectivity index (χ3v) is 2.44. The number of hydrogen-bond acceptors (Lipinski definition) is 1. The van der Waals surface area contributed by atoms with Crippen LogP contribution in [-0.4, -0.2) is 48.8 Å². The van der Waals surface area contributed by atoms with E-state index >= 15 is 0 Å². The molecule has 0 fully saturated rings. The molecule has 22 heavy (non-hydrogen) atoms. The Labute approximate surface area is 113 Å². The van der Waals surface area contributed by atoms with Gasteiger partial charge >= 0.3 is 23.7 Å². The van der Waals surface area contributed by atoms with Gasteiger partial charge in [-0.25, -0.2) is 22.0 Å². The van der Waals surface area contributed by atoms with Crippen LogP contribution in [0.15, 0.2) is 0 Å². The molecule has 0 aliphatic carbocycles. The van der Waals surface area contributed by atoms with Gasteiger partial charge in [0, 0.05) is 0 Å².